The molecular formula is C23H28BN4O3P. The Morgan fingerprint density at radius 1 is 1.41 bits per heavy atom. The van der Waals surface area contributed by atoms with Crippen molar-refractivity contribution in [3.05, 3.63) is 64.3 Å². The Hall–Kier alpha value is -2.79. The van der Waals surface area contributed by atoms with Crippen molar-refractivity contribution in [1.29, 1.82) is 0 Å². The van der Waals surface area contributed by atoms with Gasteiger partial charge < -0.3 is 15.3 Å². The Bertz CT molecular complexity index is 1100. The van der Waals surface area contributed by atoms with Crippen molar-refractivity contribution in [3.8, 4) is 0 Å². The van der Waals surface area contributed by atoms with Gasteiger partial charge in [0.25, 0.3) is 5.91 Å². The summed E-state index contributed by atoms with van der Waals surface area (Å²) in [6, 6.07) is 4.22. The van der Waals surface area contributed by atoms with Crippen LogP contribution in [0.4, 0.5) is 0 Å². The minimum Gasteiger partial charge on any atom is -0.504 e. The molecule has 7 nitrogen and oxygen atoms in total. The third-order valence-corrected chi connectivity index (χ3v) is 6.97. The van der Waals surface area contributed by atoms with Crippen LogP contribution in [0.3, 0.4) is 0 Å². The van der Waals surface area contributed by atoms with Crippen molar-refractivity contribution in [3.63, 3.8) is 0 Å². The Kier molecular flexibility index (Phi) is 6.04. The van der Waals surface area contributed by atoms with Gasteiger partial charge in [-0.15, -0.1) is 9.24 Å². The van der Waals surface area contributed by atoms with Gasteiger partial charge in [0.1, 0.15) is 25.5 Å². The minimum atomic E-state index is -0.362. The molecule has 2 fully saturated rings. The largest absolute Gasteiger partial charge is 0.504 e. The number of aliphatic hydroxyl groups is 1. The maximum Gasteiger partial charge on any atom is 0.276 e. The van der Waals surface area contributed by atoms with Gasteiger partial charge in [-0.2, -0.15) is 5.01 Å². The second-order valence-electron chi connectivity index (χ2n) is 8.60. The van der Waals surface area contributed by atoms with Crippen LogP contribution in [0.15, 0.2) is 53.2 Å². The Morgan fingerprint density at radius 2 is 2.16 bits per heavy atom. The highest BCUT2D eigenvalue weighted by atomic mass is 31.0. The normalized spacial score (nSPS) is 21.1. The molecule has 0 bridgehead atoms. The summed E-state index contributed by atoms with van der Waals surface area (Å²) in [6.07, 6.45) is 4.52. The number of rotatable bonds is 4. The smallest absolute Gasteiger partial charge is 0.276 e. The van der Waals surface area contributed by atoms with Crippen LogP contribution in [-0.2, 0) is 16.1 Å². The Balaban J connectivity index is 1.66. The zero-order chi connectivity index (χ0) is 23.2. The first-order valence-corrected chi connectivity index (χ1v) is 11.3. The van der Waals surface area contributed by atoms with E-state index in [1.54, 1.807) is 23.2 Å². The summed E-state index contributed by atoms with van der Waals surface area (Å²) in [6.45, 7) is 7.44. The number of hydrogen-bond donors (Lipinski definition) is 2. The van der Waals surface area contributed by atoms with Gasteiger partial charge in [0.15, 0.2) is 11.5 Å². The number of aliphatic hydroxyl groups excluding tert-OH is 1. The highest BCUT2D eigenvalue weighted by Crippen LogP contribution is 2.38. The van der Waals surface area contributed by atoms with Crippen molar-refractivity contribution >= 4 is 39.7 Å². The van der Waals surface area contributed by atoms with Gasteiger partial charge in [-0.05, 0) is 37.1 Å². The number of hydrazine groups is 1. The fraction of sp³-hybridized carbons (Fsp3) is 0.348. The van der Waals surface area contributed by atoms with Crippen LogP contribution in [0.25, 0.3) is 0 Å². The number of piperidine rings is 1. The molecule has 0 saturated carbocycles. The molecule has 0 radical (unpaired) electrons. The number of aryl methyl sites for hydroxylation is 1. The quantitative estimate of drug-likeness (QED) is 0.390. The molecule has 1 aromatic carbocycles. The first kappa shape index (κ1) is 22.4. The third kappa shape index (κ3) is 3.69. The lowest BCUT2D eigenvalue weighted by atomic mass is 9.88. The lowest BCUT2D eigenvalue weighted by Crippen LogP contribution is -2.63. The van der Waals surface area contributed by atoms with Gasteiger partial charge in [0.05, 0.1) is 0 Å². The van der Waals surface area contributed by atoms with Crippen molar-refractivity contribution in [2.24, 2.45) is 0 Å². The summed E-state index contributed by atoms with van der Waals surface area (Å²) in [7, 11) is 6.55. The van der Waals surface area contributed by atoms with Crippen LogP contribution in [0.2, 0.25) is 0 Å². The number of benzene rings is 1. The second kappa shape index (κ2) is 8.63. The Labute approximate surface area is 191 Å². The van der Waals surface area contributed by atoms with Gasteiger partial charge in [-0.3, -0.25) is 9.80 Å². The van der Waals surface area contributed by atoms with Crippen molar-refractivity contribution in [2.75, 3.05) is 13.6 Å². The van der Waals surface area contributed by atoms with E-state index in [1.165, 1.54) is 5.56 Å². The number of likely N-dealkylation sites (N-methyl/N-ethyl adjacent to an activating group) is 1. The minimum absolute atomic E-state index is 0.0577. The van der Waals surface area contributed by atoms with Crippen LogP contribution >= 0.6 is 9.24 Å². The summed E-state index contributed by atoms with van der Waals surface area (Å²) in [4.78, 5) is 26.5. The standard InChI is InChI=1S/C23H28BN4O3P/c1-13-8-18(24)15(19(32)9-13)10-25-14(2)16-11-28-21(22(30)17(16)12-29)23(31)26(3)20-6-4-5-7-27(20)28/h8-9,11,20,25,30H,2,4-7,10,24,32H2,1,3H3/t20-/m0/s1. The zero-order valence-electron chi connectivity index (χ0n) is 18.7. The maximum atomic E-state index is 13.0. The molecule has 1 amide bonds. The molecule has 3 aliphatic rings. The average Bonchev–Trinajstić information content (AvgIpc) is 2.76. The molecule has 2 atom stereocenters. The monoisotopic (exact) mass is 450 g/mol. The molecular weight excluding hydrogens is 422 g/mol. The number of hydrogen-bond acceptors (Lipinski definition) is 6. The number of nitrogens with one attached hydrogen (secondary N) is 1. The second-order valence-corrected chi connectivity index (χ2v) is 9.22. The third-order valence-electron chi connectivity index (χ3n) is 6.46. The topological polar surface area (TPSA) is 76.1 Å². The molecule has 3 aliphatic heterocycles. The van der Waals surface area contributed by atoms with E-state index in [-0.39, 0.29) is 29.1 Å². The average molecular weight is 450 g/mol. The summed E-state index contributed by atoms with van der Waals surface area (Å²) in [5, 5.41) is 19.1. The van der Waals surface area contributed by atoms with Crippen molar-refractivity contribution in [2.45, 2.75) is 38.9 Å². The van der Waals surface area contributed by atoms with Gasteiger partial charge in [0.2, 0.25) is 0 Å². The van der Waals surface area contributed by atoms with E-state index in [0.29, 0.717) is 17.8 Å². The number of nitrogens with zero attached hydrogens (tertiary/aromatic N) is 3. The van der Waals surface area contributed by atoms with E-state index in [2.05, 4.69) is 53.0 Å². The molecule has 1 aromatic rings. The van der Waals surface area contributed by atoms with Crippen molar-refractivity contribution in [1.82, 2.24) is 20.2 Å². The van der Waals surface area contributed by atoms with Crippen molar-refractivity contribution < 1.29 is 14.7 Å². The van der Waals surface area contributed by atoms with E-state index >= 15 is 0 Å². The van der Waals surface area contributed by atoms with Gasteiger partial charge in [-0.25, -0.2) is 4.79 Å². The maximum absolute atomic E-state index is 13.0. The number of allylic oxidation sites excluding steroid dienone is 2. The van der Waals surface area contributed by atoms with E-state index in [9.17, 15) is 14.7 Å². The fourth-order valence-electron chi connectivity index (χ4n) is 4.75. The number of carbonyl (C=O) groups is 1. The van der Waals surface area contributed by atoms with E-state index in [4.69, 9.17) is 0 Å². The summed E-state index contributed by atoms with van der Waals surface area (Å²) >= 11 is 0. The molecule has 2 saturated heterocycles. The lowest BCUT2D eigenvalue weighted by Gasteiger charge is -2.52. The number of amides is 1. The van der Waals surface area contributed by atoms with Crippen LogP contribution in [-0.4, -0.2) is 59.5 Å². The summed E-state index contributed by atoms with van der Waals surface area (Å²) in [5.41, 5.74) is 4.41. The Morgan fingerprint density at radius 3 is 2.84 bits per heavy atom. The molecule has 9 heteroatoms. The summed E-state index contributed by atoms with van der Waals surface area (Å²) < 4.78 is 0. The predicted molar refractivity (Wildman–Crippen MR) is 131 cm³/mol. The number of fused-ring (bicyclic) bond motifs is 3. The van der Waals surface area contributed by atoms with Gasteiger partial charge >= 0.3 is 0 Å². The highest BCUT2D eigenvalue weighted by molar-refractivity contribution is 7.27. The summed E-state index contributed by atoms with van der Waals surface area (Å²) in [5.74, 6) is 1.15. The molecule has 1 unspecified atom stereocenters. The zero-order valence-corrected chi connectivity index (χ0v) is 19.9. The van der Waals surface area contributed by atoms with E-state index < -0.39 is 0 Å². The molecule has 0 aromatic heterocycles. The first-order valence-electron chi connectivity index (χ1n) is 10.8. The predicted octanol–water partition coefficient (Wildman–Crippen LogP) is 0.283. The van der Waals surface area contributed by atoms with Gasteiger partial charge in [0, 0.05) is 37.6 Å². The molecule has 3 heterocycles. The fourth-order valence-corrected chi connectivity index (χ4v) is 5.34. The van der Waals surface area contributed by atoms with Crippen LogP contribution in [0.1, 0.15) is 30.4 Å². The molecule has 166 valence electrons. The SMILES string of the molecule is Bc1cc(C)cc(P)c1CNC(=C)C1=CN2C(=C(O)C1=C=O)C(=O)N(C)[C@@H]1CCCCN12. The lowest BCUT2D eigenvalue weighted by molar-refractivity contribution is -0.161. The van der Waals surface area contributed by atoms with E-state index in [0.717, 1.165) is 42.1 Å². The number of carbonyl (C=O) groups excluding carboxylic acids is 2. The van der Waals surface area contributed by atoms with Crippen LogP contribution in [0, 0.1) is 6.92 Å². The van der Waals surface area contributed by atoms with Crippen LogP contribution in [0.5, 0.6) is 0 Å². The molecule has 0 aliphatic carbocycles. The van der Waals surface area contributed by atoms with Gasteiger partial charge in [-0.1, -0.05) is 29.7 Å². The highest BCUT2D eigenvalue weighted by Gasteiger charge is 2.45. The first-order chi connectivity index (χ1) is 15.2. The van der Waals surface area contributed by atoms with Crippen LogP contribution < -0.4 is 16.1 Å². The molecule has 4 rings (SSSR count). The molecule has 32 heavy (non-hydrogen) atoms. The molecule has 0 spiro atoms. The molecule has 2 N–H and O–H groups in total. The van der Waals surface area contributed by atoms with E-state index in [1.807, 2.05) is 5.94 Å².